The van der Waals surface area contributed by atoms with E-state index in [2.05, 4.69) is 0 Å². The second kappa shape index (κ2) is 2.93. The molecule has 0 radical (unpaired) electrons. The zero-order chi connectivity index (χ0) is 7.56. The number of halogens is 1. The van der Waals surface area contributed by atoms with Crippen molar-refractivity contribution < 1.29 is 0 Å². The lowest BCUT2D eigenvalue weighted by molar-refractivity contribution is 1.09. The van der Waals surface area contributed by atoms with Gasteiger partial charge in [0.2, 0.25) is 0 Å². The van der Waals surface area contributed by atoms with Gasteiger partial charge in [0, 0.05) is 5.69 Å². The fourth-order valence-electron chi connectivity index (χ4n) is 0.873. The molecule has 0 bridgehead atoms. The van der Waals surface area contributed by atoms with Crippen molar-refractivity contribution >= 4 is 17.3 Å². The number of hydrogen-bond acceptors (Lipinski definition) is 1. The van der Waals surface area contributed by atoms with Crippen LogP contribution < -0.4 is 5.73 Å². The summed E-state index contributed by atoms with van der Waals surface area (Å²) in [6.07, 6.45) is 0. The second-order valence-electron chi connectivity index (χ2n) is 2.24. The van der Waals surface area contributed by atoms with Crippen LogP contribution in [0.1, 0.15) is 17.9 Å². The Kier molecular flexibility index (Phi) is 2.17. The van der Waals surface area contributed by atoms with Crippen molar-refractivity contribution in [1.29, 1.82) is 0 Å². The van der Waals surface area contributed by atoms with Crippen LogP contribution >= 0.6 is 11.6 Å². The molecule has 1 rings (SSSR count). The highest BCUT2D eigenvalue weighted by atomic mass is 35.5. The van der Waals surface area contributed by atoms with E-state index >= 15 is 0 Å². The summed E-state index contributed by atoms with van der Waals surface area (Å²) in [6.45, 7) is 1.91. The molecule has 0 saturated carbocycles. The average Bonchev–Trinajstić information content (AvgIpc) is 1.88. The van der Waals surface area contributed by atoms with E-state index in [-0.39, 0.29) is 5.38 Å². The predicted octanol–water partition coefficient (Wildman–Crippen LogP) is 2.57. The first-order valence-electron chi connectivity index (χ1n) is 3.20. The van der Waals surface area contributed by atoms with E-state index < -0.39 is 0 Å². The van der Waals surface area contributed by atoms with Gasteiger partial charge in [0.15, 0.2) is 0 Å². The molecular formula is C8H10ClN. The molecule has 0 aliphatic heterocycles. The van der Waals surface area contributed by atoms with Crippen molar-refractivity contribution in [3.8, 4) is 0 Å². The van der Waals surface area contributed by atoms with Gasteiger partial charge in [-0.25, -0.2) is 0 Å². The molecule has 0 saturated heterocycles. The van der Waals surface area contributed by atoms with Crippen LogP contribution in [-0.2, 0) is 0 Å². The maximum absolute atomic E-state index is 5.83. The summed E-state index contributed by atoms with van der Waals surface area (Å²) in [7, 11) is 0. The first-order valence-corrected chi connectivity index (χ1v) is 3.64. The van der Waals surface area contributed by atoms with Gasteiger partial charge < -0.3 is 5.73 Å². The van der Waals surface area contributed by atoms with E-state index in [4.69, 9.17) is 17.3 Å². The number of rotatable bonds is 1. The number of anilines is 1. The first kappa shape index (κ1) is 7.42. The van der Waals surface area contributed by atoms with Crippen molar-refractivity contribution in [2.45, 2.75) is 12.3 Å². The SMILES string of the molecule is CC(Cl)c1ccccc1N. The van der Waals surface area contributed by atoms with Gasteiger partial charge >= 0.3 is 0 Å². The number of nitrogen functional groups attached to an aromatic ring is 1. The molecule has 1 atom stereocenters. The third kappa shape index (κ3) is 1.42. The Morgan fingerprint density at radius 1 is 1.40 bits per heavy atom. The molecule has 1 nitrogen and oxygen atoms in total. The van der Waals surface area contributed by atoms with Gasteiger partial charge in [-0.2, -0.15) is 0 Å². The molecule has 2 heteroatoms. The third-order valence-electron chi connectivity index (χ3n) is 1.42. The van der Waals surface area contributed by atoms with Gasteiger partial charge in [-0.3, -0.25) is 0 Å². The summed E-state index contributed by atoms with van der Waals surface area (Å²) in [5.41, 5.74) is 7.41. The van der Waals surface area contributed by atoms with Gasteiger partial charge in [-0.15, -0.1) is 11.6 Å². The second-order valence-corrected chi connectivity index (χ2v) is 2.90. The van der Waals surface area contributed by atoms with Crippen molar-refractivity contribution in [1.82, 2.24) is 0 Å². The molecule has 2 N–H and O–H groups in total. The Morgan fingerprint density at radius 3 is 2.40 bits per heavy atom. The number of nitrogens with two attached hydrogens (primary N) is 1. The van der Waals surface area contributed by atoms with Gasteiger partial charge in [-0.05, 0) is 18.6 Å². The van der Waals surface area contributed by atoms with Gasteiger partial charge in [0.05, 0.1) is 5.38 Å². The number of hydrogen-bond donors (Lipinski definition) is 1. The Hall–Kier alpha value is -0.690. The Balaban J connectivity index is 3.03. The van der Waals surface area contributed by atoms with E-state index in [0.717, 1.165) is 11.3 Å². The van der Waals surface area contributed by atoms with Gasteiger partial charge in [0.1, 0.15) is 0 Å². The molecule has 1 unspecified atom stereocenters. The van der Waals surface area contributed by atoms with Crippen molar-refractivity contribution in [2.24, 2.45) is 0 Å². The van der Waals surface area contributed by atoms with Crippen LogP contribution in [-0.4, -0.2) is 0 Å². The summed E-state index contributed by atoms with van der Waals surface area (Å²) in [4.78, 5) is 0. The third-order valence-corrected chi connectivity index (χ3v) is 1.66. The number of alkyl halides is 1. The van der Waals surface area contributed by atoms with Crippen molar-refractivity contribution in [3.05, 3.63) is 29.8 Å². The van der Waals surface area contributed by atoms with E-state index in [9.17, 15) is 0 Å². The van der Waals surface area contributed by atoms with E-state index in [0.29, 0.717) is 0 Å². The molecule has 0 spiro atoms. The zero-order valence-electron chi connectivity index (χ0n) is 5.84. The van der Waals surface area contributed by atoms with Gasteiger partial charge in [0.25, 0.3) is 0 Å². The highest BCUT2D eigenvalue weighted by Gasteiger charge is 2.02. The smallest absolute Gasteiger partial charge is 0.0577 e. The average molecular weight is 156 g/mol. The Labute approximate surface area is 65.8 Å². The Morgan fingerprint density at radius 2 is 2.00 bits per heavy atom. The van der Waals surface area contributed by atoms with Crippen molar-refractivity contribution in [3.63, 3.8) is 0 Å². The predicted molar refractivity (Wildman–Crippen MR) is 45.1 cm³/mol. The maximum atomic E-state index is 5.83. The monoisotopic (exact) mass is 155 g/mol. The normalized spacial score (nSPS) is 13.0. The molecular weight excluding hydrogens is 146 g/mol. The zero-order valence-corrected chi connectivity index (χ0v) is 6.60. The van der Waals surface area contributed by atoms with Crippen LogP contribution in [0.4, 0.5) is 5.69 Å². The molecule has 0 fully saturated rings. The highest BCUT2D eigenvalue weighted by Crippen LogP contribution is 2.24. The van der Waals surface area contributed by atoms with E-state index in [1.165, 1.54) is 0 Å². The largest absolute Gasteiger partial charge is 0.398 e. The molecule has 54 valence electrons. The quantitative estimate of drug-likeness (QED) is 0.490. The van der Waals surface area contributed by atoms with Crippen molar-refractivity contribution in [2.75, 3.05) is 5.73 Å². The molecule has 0 amide bonds. The molecule has 0 aromatic heterocycles. The minimum absolute atomic E-state index is 0.00111. The molecule has 1 aromatic carbocycles. The summed E-state index contributed by atoms with van der Waals surface area (Å²) in [6, 6.07) is 7.63. The summed E-state index contributed by atoms with van der Waals surface area (Å²) in [5.74, 6) is 0. The molecule has 1 aromatic rings. The maximum Gasteiger partial charge on any atom is 0.0577 e. The number of para-hydroxylation sites is 1. The van der Waals surface area contributed by atoms with Crippen LogP contribution in [0.5, 0.6) is 0 Å². The minimum atomic E-state index is 0.00111. The lowest BCUT2D eigenvalue weighted by atomic mass is 10.1. The lowest BCUT2D eigenvalue weighted by Crippen LogP contribution is -1.92. The van der Waals surface area contributed by atoms with Crippen LogP contribution in [0.2, 0.25) is 0 Å². The summed E-state index contributed by atoms with van der Waals surface area (Å²) >= 11 is 5.83. The topological polar surface area (TPSA) is 26.0 Å². The molecule has 0 aliphatic carbocycles. The van der Waals surface area contributed by atoms with Gasteiger partial charge in [-0.1, -0.05) is 18.2 Å². The van der Waals surface area contributed by atoms with E-state index in [1.807, 2.05) is 31.2 Å². The first-order chi connectivity index (χ1) is 4.72. The van der Waals surface area contributed by atoms with Crippen LogP contribution in [0.15, 0.2) is 24.3 Å². The summed E-state index contributed by atoms with van der Waals surface area (Å²) < 4.78 is 0. The fourth-order valence-corrected chi connectivity index (χ4v) is 1.07. The standard InChI is InChI=1S/C8H10ClN/c1-6(9)7-4-2-3-5-8(7)10/h2-6H,10H2,1H3. The molecule has 0 heterocycles. The Bertz CT molecular complexity index is 220. The van der Waals surface area contributed by atoms with Crippen LogP contribution in [0.3, 0.4) is 0 Å². The molecule has 10 heavy (non-hydrogen) atoms. The molecule has 0 aliphatic rings. The van der Waals surface area contributed by atoms with Crippen LogP contribution in [0.25, 0.3) is 0 Å². The minimum Gasteiger partial charge on any atom is -0.398 e. The van der Waals surface area contributed by atoms with Crippen LogP contribution in [0, 0.1) is 0 Å². The summed E-state index contributed by atoms with van der Waals surface area (Å²) in [5, 5.41) is 0.00111. The van der Waals surface area contributed by atoms with E-state index in [1.54, 1.807) is 0 Å². The highest BCUT2D eigenvalue weighted by molar-refractivity contribution is 6.20. The lowest BCUT2D eigenvalue weighted by Gasteiger charge is -2.05. The fraction of sp³-hybridized carbons (Fsp3) is 0.250. The number of benzene rings is 1.